The number of hydrogen-bond acceptors (Lipinski definition) is 2. The van der Waals surface area contributed by atoms with Gasteiger partial charge in [-0.15, -0.1) is 0 Å². The topological polar surface area (TPSA) is 20.2 Å². The lowest BCUT2D eigenvalue weighted by molar-refractivity contribution is 0.296. The van der Waals surface area contributed by atoms with Gasteiger partial charge in [-0.2, -0.15) is 11.8 Å². The monoisotopic (exact) mass is 236 g/mol. The van der Waals surface area contributed by atoms with Crippen LogP contribution in [0.2, 0.25) is 0 Å². The molecule has 2 rings (SSSR count). The molecule has 1 nitrogen and oxygen atoms in total. The maximum absolute atomic E-state index is 8.75. The van der Waals surface area contributed by atoms with E-state index in [9.17, 15) is 0 Å². The highest BCUT2D eigenvalue weighted by molar-refractivity contribution is 7.99. The quantitative estimate of drug-likeness (QED) is 0.792. The van der Waals surface area contributed by atoms with Gasteiger partial charge in [-0.3, -0.25) is 0 Å². The molecule has 2 heteroatoms. The first kappa shape index (κ1) is 12.0. The second kappa shape index (κ2) is 6.31. The van der Waals surface area contributed by atoms with Gasteiger partial charge in [0, 0.05) is 12.4 Å². The summed E-state index contributed by atoms with van der Waals surface area (Å²) in [5.41, 5.74) is 3.13. The Hall–Kier alpha value is -0.470. The molecule has 1 unspecified atom stereocenters. The van der Waals surface area contributed by atoms with Crippen molar-refractivity contribution in [2.75, 3.05) is 18.1 Å². The first-order chi connectivity index (χ1) is 7.92. The molecule has 1 aliphatic carbocycles. The Balaban J connectivity index is 1.91. The summed E-state index contributed by atoms with van der Waals surface area (Å²) in [5.74, 6) is 3.06. The minimum Gasteiger partial charge on any atom is -0.396 e. The highest BCUT2D eigenvalue weighted by Crippen LogP contribution is 2.33. The summed E-state index contributed by atoms with van der Waals surface area (Å²) in [6.07, 6.45) is 4.86. The Morgan fingerprint density at radius 3 is 3.06 bits per heavy atom. The summed E-state index contributed by atoms with van der Waals surface area (Å²) < 4.78 is 0. The summed E-state index contributed by atoms with van der Waals surface area (Å²) in [7, 11) is 0. The second-order valence-electron chi connectivity index (χ2n) is 4.44. The Bertz CT molecular complexity index is 324. The number of aliphatic hydroxyl groups is 1. The number of aryl methyl sites for hydroxylation is 1. The average Bonchev–Trinajstić information content (AvgIpc) is 2.35. The van der Waals surface area contributed by atoms with Gasteiger partial charge in [-0.05, 0) is 48.5 Å². The number of fused-ring (bicyclic) bond motifs is 1. The van der Waals surface area contributed by atoms with E-state index in [0.29, 0.717) is 6.61 Å². The van der Waals surface area contributed by atoms with Gasteiger partial charge in [-0.1, -0.05) is 24.3 Å². The van der Waals surface area contributed by atoms with Crippen LogP contribution in [0.1, 0.15) is 36.3 Å². The third-order valence-corrected chi connectivity index (χ3v) is 4.47. The van der Waals surface area contributed by atoms with Crippen LogP contribution < -0.4 is 0 Å². The van der Waals surface area contributed by atoms with Gasteiger partial charge < -0.3 is 5.11 Å². The van der Waals surface area contributed by atoms with Crippen LogP contribution in [0.15, 0.2) is 24.3 Å². The van der Waals surface area contributed by atoms with Crippen LogP contribution >= 0.6 is 11.8 Å². The zero-order chi connectivity index (χ0) is 11.2. The van der Waals surface area contributed by atoms with Gasteiger partial charge >= 0.3 is 0 Å². The smallest absolute Gasteiger partial charge is 0.0438 e. The first-order valence-corrected chi connectivity index (χ1v) is 7.33. The number of aliphatic hydroxyl groups excluding tert-OH is 1. The lowest BCUT2D eigenvalue weighted by atomic mass is 9.84. The molecule has 0 saturated heterocycles. The van der Waals surface area contributed by atoms with Gasteiger partial charge in [0.1, 0.15) is 0 Å². The molecule has 0 aromatic heterocycles. The molecule has 0 aliphatic heterocycles. The highest BCUT2D eigenvalue weighted by Gasteiger charge is 2.19. The maximum atomic E-state index is 8.75. The predicted octanol–water partition coefficient (Wildman–Crippen LogP) is 3.22. The fraction of sp³-hybridized carbons (Fsp3) is 0.571. The molecule has 0 fully saturated rings. The van der Waals surface area contributed by atoms with Crippen LogP contribution in [-0.4, -0.2) is 23.2 Å². The average molecular weight is 236 g/mol. The lowest BCUT2D eigenvalue weighted by Crippen LogP contribution is -2.11. The van der Waals surface area contributed by atoms with E-state index < -0.39 is 0 Å². The molecule has 1 aromatic rings. The Labute approximate surface area is 102 Å². The number of rotatable bonds is 5. The third-order valence-electron chi connectivity index (χ3n) is 3.26. The molecule has 0 saturated carbocycles. The van der Waals surface area contributed by atoms with E-state index >= 15 is 0 Å². The van der Waals surface area contributed by atoms with Gasteiger partial charge in [0.15, 0.2) is 0 Å². The molecular formula is C14H20OS. The minimum atomic E-state index is 0.328. The van der Waals surface area contributed by atoms with E-state index in [1.807, 2.05) is 11.8 Å². The van der Waals surface area contributed by atoms with Crippen molar-refractivity contribution < 1.29 is 5.11 Å². The minimum absolute atomic E-state index is 0.328. The SMILES string of the molecule is OCCCSCC1CCCc2ccccc21. The second-order valence-corrected chi connectivity index (χ2v) is 5.59. The summed E-state index contributed by atoms with van der Waals surface area (Å²) in [6, 6.07) is 8.89. The fourth-order valence-electron chi connectivity index (χ4n) is 2.42. The fourth-order valence-corrected chi connectivity index (χ4v) is 3.55. The molecular weight excluding hydrogens is 216 g/mol. The summed E-state index contributed by atoms with van der Waals surface area (Å²) in [4.78, 5) is 0. The van der Waals surface area contributed by atoms with Crippen molar-refractivity contribution in [2.24, 2.45) is 0 Å². The molecule has 1 atom stereocenters. The highest BCUT2D eigenvalue weighted by atomic mass is 32.2. The van der Waals surface area contributed by atoms with Gasteiger partial charge in [-0.25, -0.2) is 0 Å². The van der Waals surface area contributed by atoms with Crippen molar-refractivity contribution in [2.45, 2.75) is 31.6 Å². The largest absolute Gasteiger partial charge is 0.396 e. The maximum Gasteiger partial charge on any atom is 0.0438 e. The Kier molecular flexibility index (Phi) is 4.73. The molecule has 16 heavy (non-hydrogen) atoms. The molecule has 1 aliphatic rings. The van der Waals surface area contributed by atoms with Crippen molar-refractivity contribution in [3.8, 4) is 0 Å². The first-order valence-electron chi connectivity index (χ1n) is 6.18. The van der Waals surface area contributed by atoms with Crippen molar-refractivity contribution in [1.82, 2.24) is 0 Å². The molecule has 0 spiro atoms. The van der Waals surface area contributed by atoms with E-state index in [-0.39, 0.29) is 0 Å². The van der Waals surface area contributed by atoms with Gasteiger partial charge in [0.05, 0.1) is 0 Å². The van der Waals surface area contributed by atoms with Gasteiger partial charge in [0.2, 0.25) is 0 Å². The predicted molar refractivity (Wildman–Crippen MR) is 71.1 cm³/mol. The van der Waals surface area contributed by atoms with E-state index in [2.05, 4.69) is 24.3 Å². The number of benzene rings is 1. The number of hydrogen-bond donors (Lipinski definition) is 1. The third kappa shape index (κ3) is 3.02. The van der Waals surface area contributed by atoms with Crippen molar-refractivity contribution in [3.05, 3.63) is 35.4 Å². The summed E-state index contributed by atoms with van der Waals surface area (Å²) >= 11 is 1.99. The van der Waals surface area contributed by atoms with Crippen molar-refractivity contribution in [3.63, 3.8) is 0 Å². The summed E-state index contributed by atoms with van der Waals surface area (Å²) in [6.45, 7) is 0.328. The molecule has 0 amide bonds. The van der Waals surface area contributed by atoms with Crippen molar-refractivity contribution >= 4 is 11.8 Å². The van der Waals surface area contributed by atoms with Crippen LogP contribution in [-0.2, 0) is 6.42 Å². The lowest BCUT2D eigenvalue weighted by Gasteiger charge is -2.25. The molecule has 1 N–H and O–H groups in total. The Morgan fingerprint density at radius 2 is 2.19 bits per heavy atom. The van der Waals surface area contributed by atoms with E-state index in [4.69, 9.17) is 5.11 Å². The molecule has 0 heterocycles. The molecule has 1 aromatic carbocycles. The normalized spacial score (nSPS) is 19.4. The van der Waals surface area contributed by atoms with Crippen LogP contribution in [0, 0.1) is 0 Å². The zero-order valence-corrected chi connectivity index (χ0v) is 10.5. The molecule has 88 valence electrons. The molecule has 0 radical (unpaired) electrons. The Morgan fingerprint density at radius 1 is 1.31 bits per heavy atom. The van der Waals surface area contributed by atoms with Crippen LogP contribution in [0.3, 0.4) is 0 Å². The van der Waals surface area contributed by atoms with Crippen molar-refractivity contribution in [1.29, 1.82) is 0 Å². The van der Waals surface area contributed by atoms with E-state index in [1.54, 1.807) is 11.1 Å². The van der Waals surface area contributed by atoms with Crippen LogP contribution in [0.5, 0.6) is 0 Å². The summed E-state index contributed by atoms with van der Waals surface area (Å²) in [5, 5.41) is 8.75. The zero-order valence-electron chi connectivity index (χ0n) is 9.69. The van der Waals surface area contributed by atoms with Crippen LogP contribution in [0.25, 0.3) is 0 Å². The van der Waals surface area contributed by atoms with E-state index in [0.717, 1.165) is 18.1 Å². The standard InChI is InChI=1S/C14H20OS/c15-9-4-10-16-11-13-7-3-6-12-5-1-2-8-14(12)13/h1-2,5,8,13,15H,3-4,6-7,9-11H2. The van der Waals surface area contributed by atoms with Gasteiger partial charge in [0.25, 0.3) is 0 Å². The molecule has 0 bridgehead atoms. The van der Waals surface area contributed by atoms with E-state index in [1.165, 1.54) is 25.0 Å². The number of thioether (sulfide) groups is 1. The van der Waals surface area contributed by atoms with Crippen LogP contribution in [0.4, 0.5) is 0 Å².